The van der Waals surface area contributed by atoms with Crippen LogP contribution in [0.15, 0.2) is 94.6 Å². The molecule has 0 radical (unpaired) electrons. The van der Waals surface area contributed by atoms with Crippen LogP contribution in [0, 0.1) is 5.41 Å². The van der Waals surface area contributed by atoms with Gasteiger partial charge in [-0.3, -0.25) is 0 Å². The zero-order chi connectivity index (χ0) is 24.9. The van der Waals surface area contributed by atoms with E-state index in [0.717, 1.165) is 44.9 Å². The third-order valence-electron chi connectivity index (χ3n) is 6.55. The van der Waals surface area contributed by atoms with Crippen LogP contribution in [0.1, 0.15) is 72.6 Å². The Kier molecular flexibility index (Phi) is 8.14. The number of hydrogen-bond donors (Lipinski definition) is 0. The Morgan fingerprint density at radius 2 is 1.24 bits per heavy atom. The van der Waals surface area contributed by atoms with Crippen LogP contribution < -0.4 is 0 Å². The van der Waals surface area contributed by atoms with Crippen molar-refractivity contribution < 1.29 is 19.1 Å². The van der Waals surface area contributed by atoms with E-state index < -0.39 is 0 Å². The molecule has 0 N–H and O–H groups in total. The lowest BCUT2D eigenvalue weighted by molar-refractivity contribution is -0.136. The van der Waals surface area contributed by atoms with Crippen LogP contribution in [0.3, 0.4) is 0 Å². The fraction of sp³-hybridized carbons (Fsp3) is 0.400. The van der Waals surface area contributed by atoms with Gasteiger partial charge in [0.15, 0.2) is 0 Å². The van der Waals surface area contributed by atoms with Crippen molar-refractivity contribution in [2.24, 2.45) is 5.41 Å². The molecule has 34 heavy (non-hydrogen) atoms. The molecule has 0 amide bonds. The third kappa shape index (κ3) is 6.69. The van der Waals surface area contributed by atoms with E-state index in [0.29, 0.717) is 22.7 Å². The largest absolute Gasteiger partial charge is 0.428 e. The van der Waals surface area contributed by atoms with Crippen LogP contribution in [0.5, 0.6) is 0 Å². The predicted molar refractivity (Wildman–Crippen MR) is 136 cm³/mol. The molecular weight excluding hydrogens is 424 g/mol. The molecule has 3 aliphatic carbocycles. The van der Waals surface area contributed by atoms with E-state index >= 15 is 0 Å². The van der Waals surface area contributed by atoms with E-state index in [1.807, 2.05) is 12.2 Å². The van der Waals surface area contributed by atoms with Crippen LogP contribution in [-0.2, 0) is 19.1 Å². The second-order valence-electron chi connectivity index (χ2n) is 10.1. The van der Waals surface area contributed by atoms with E-state index in [1.54, 1.807) is 13.8 Å². The van der Waals surface area contributed by atoms with Gasteiger partial charge in [-0.05, 0) is 74.7 Å². The Bertz CT molecular complexity index is 1080. The maximum absolute atomic E-state index is 11.7. The van der Waals surface area contributed by atoms with Crippen molar-refractivity contribution in [3.8, 4) is 0 Å². The number of rotatable bonds is 8. The molecule has 0 aromatic heterocycles. The van der Waals surface area contributed by atoms with Gasteiger partial charge in [0.25, 0.3) is 0 Å². The highest BCUT2D eigenvalue weighted by atomic mass is 16.5. The summed E-state index contributed by atoms with van der Waals surface area (Å²) < 4.78 is 10.7. The highest BCUT2D eigenvalue weighted by molar-refractivity contribution is 5.88. The SMILES string of the molecule is C=C(C)C(=O)OC1=CC=C(CC(C)(C)C2=CC=C(C3=CC=C(OC(=O)C(=C)C)CC3)CC2)CC1. The summed E-state index contributed by atoms with van der Waals surface area (Å²) in [6.07, 6.45) is 18.9. The lowest BCUT2D eigenvalue weighted by Gasteiger charge is -2.32. The van der Waals surface area contributed by atoms with Crippen molar-refractivity contribution in [2.75, 3.05) is 0 Å². The zero-order valence-electron chi connectivity index (χ0n) is 21.0. The highest BCUT2D eigenvalue weighted by Gasteiger charge is 2.27. The molecule has 0 aromatic rings. The molecule has 3 aliphatic rings. The van der Waals surface area contributed by atoms with Gasteiger partial charge in [0.2, 0.25) is 0 Å². The number of ether oxygens (including phenoxy) is 2. The van der Waals surface area contributed by atoms with Crippen molar-refractivity contribution in [3.63, 3.8) is 0 Å². The van der Waals surface area contributed by atoms with Crippen LogP contribution in [0.25, 0.3) is 0 Å². The fourth-order valence-electron chi connectivity index (χ4n) is 4.43. The van der Waals surface area contributed by atoms with Crippen LogP contribution in [0.4, 0.5) is 0 Å². The van der Waals surface area contributed by atoms with E-state index in [-0.39, 0.29) is 17.4 Å². The smallest absolute Gasteiger partial charge is 0.338 e. The highest BCUT2D eigenvalue weighted by Crippen LogP contribution is 2.42. The molecule has 0 atom stereocenters. The third-order valence-corrected chi connectivity index (χ3v) is 6.55. The molecular formula is C30H36O4. The first-order chi connectivity index (χ1) is 16.0. The van der Waals surface area contributed by atoms with Gasteiger partial charge >= 0.3 is 11.9 Å². The van der Waals surface area contributed by atoms with Crippen LogP contribution in [0.2, 0.25) is 0 Å². The predicted octanol–water partition coefficient (Wildman–Crippen LogP) is 7.50. The first kappa shape index (κ1) is 25.5. The van der Waals surface area contributed by atoms with E-state index in [2.05, 4.69) is 51.3 Å². The Balaban J connectivity index is 1.62. The maximum atomic E-state index is 11.7. The number of hydrogen-bond acceptors (Lipinski definition) is 4. The average molecular weight is 461 g/mol. The van der Waals surface area contributed by atoms with Gasteiger partial charge < -0.3 is 9.47 Å². The molecule has 0 saturated heterocycles. The van der Waals surface area contributed by atoms with Gasteiger partial charge in [-0.15, -0.1) is 0 Å². The zero-order valence-corrected chi connectivity index (χ0v) is 21.0. The van der Waals surface area contributed by atoms with Gasteiger partial charge in [0, 0.05) is 24.0 Å². The minimum Gasteiger partial charge on any atom is -0.428 e. The molecule has 3 rings (SSSR count). The molecule has 0 aliphatic heterocycles. The van der Waals surface area contributed by atoms with Gasteiger partial charge in [0.1, 0.15) is 11.5 Å². The Labute approximate surface area is 203 Å². The monoisotopic (exact) mass is 460 g/mol. The summed E-state index contributed by atoms with van der Waals surface area (Å²) in [6.45, 7) is 15.2. The van der Waals surface area contributed by atoms with Crippen molar-refractivity contribution in [2.45, 2.75) is 72.6 Å². The van der Waals surface area contributed by atoms with Gasteiger partial charge in [-0.2, -0.15) is 0 Å². The van der Waals surface area contributed by atoms with Crippen LogP contribution >= 0.6 is 0 Å². The summed E-state index contributed by atoms with van der Waals surface area (Å²) in [7, 11) is 0. The van der Waals surface area contributed by atoms with Crippen LogP contribution in [-0.4, -0.2) is 11.9 Å². The average Bonchev–Trinajstić information content (AvgIpc) is 2.80. The lowest BCUT2D eigenvalue weighted by atomic mass is 9.73. The van der Waals surface area contributed by atoms with E-state index in [4.69, 9.17) is 9.47 Å². The van der Waals surface area contributed by atoms with Crippen molar-refractivity contribution >= 4 is 11.9 Å². The second-order valence-corrected chi connectivity index (χ2v) is 10.1. The van der Waals surface area contributed by atoms with Gasteiger partial charge in [-0.25, -0.2) is 9.59 Å². The molecule has 0 spiro atoms. The summed E-state index contributed by atoms with van der Waals surface area (Å²) in [5, 5.41) is 0. The van der Waals surface area contributed by atoms with Crippen molar-refractivity contribution in [1.29, 1.82) is 0 Å². The Morgan fingerprint density at radius 1 is 0.735 bits per heavy atom. The summed E-state index contributed by atoms with van der Waals surface area (Å²) in [4.78, 5) is 23.4. The molecule has 4 heteroatoms. The van der Waals surface area contributed by atoms with Crippen molar-refractivity contribution in [3.05, 3.63) is 94.6 Å². The summed E-state index contributed by atoms with van der Waals surface area (Å²) >= 11 is 0. The number of esters is 2. The quantitative estimate of drug-likeness (QED) is 0.278. The topological polar surface area (TPSA) is 52.6 Å². The molecule has 0 unspecified atom stereocenters. The first-order valence-electron chi connectivity index (χ1n) is 12.0. The fourth-order valence-corrected chi connectivity index (χ4v) is 4.43. The second kappa shape index (κ2) is 10.9. The number of carbonyl (C=O) groups is 2. The molecule has 4 nitrogen and oxygen atoms in total. The van der Waals surface area contributed by atoms with Gasteiger partial charge in [-0.1, -0.05) is 62.5 Å². The molecule has 0 aromatic carbocycles. The molecule has 0 bridgehead atoms. The van der Waals surface area contributed by atoms with Gasteiger partial charge in [0.05, 0.1) is 0 Å². The summed E-state index contributed by atoms with van der Waals surface area (Å²) in [5.41, 5.74) is 6.43. The minimum absolute atomic E-state index is 0.0678. The summed E-state index contributed by atoms with van der Waals surface area (Å²) in [5.74, 6) is 0.706. The normalized spacial score (nSPS) is 18.4. The number of carbonyl (C=O) groups excluding carboxylic acids is 2. The molecule has 0 saturated carbocycles. The van der Waals surface area contributed by atoms with Crippen molar-refractivity contribution in [1.82, 2.24) is 0 Å². The maximum Gasteiger partial charge on any atom is 0.338 e. The Morgan fingerprint density at radius 3 is 1.65 bits per heavy atom. The molecule has 180 valence electrons. The Hall–Kier alpha value is -3.14. The van der Waals surface area contributed by atoms with E-state index in [9.17, 15) is 9.59 Å². The summed E-state index contributed by atoms with van der Waals surface area (Å²) in [6, 6.07) is 0. The lowest BCUT2D eigenvalue weighted by Crippen LogP contribution is -2.18. The number of allylic oxidation sites excluding steroid dienone is 12. The molecule has 0 heterocycles. The standard InChI is InChI=1S/C30H36O4/c1-20(2)28(31)33-26-15-7-22(8-16-26)19-30(5,6)25-13-9-23(10-14-25)24-11-17-27(18-12-24)34-29(32)21(3)4/h7,9,11,13,15,17H,1,3,8,10,12,14,16,18-19H2,2,4-6H3. The molecule has 0 fully saturated rings. The minimum atomic E-state index is -0.359. The first-order valence-corrected chi connectivity index (χ1v) is 12.0. The van der Waals surface area contributed by atoms with E-state index in [1.165, 1.54) is 22.3 Å².